The molecule has 0 heterocycles. The van der Waals surface area contributed by atoms with E-state index in [9.17, 15) is 0 Å². The van der Waals surface area contributed by atoms with Gasteiger partial charge in [-0.1, -0.05) is 5.92 Å². The monoisotopic (exact) mass is 118 g/mol. The Hall–Kier alpha value is -0.440. The molecule has 0 spiro atoms. The summed E-state index contributed by atoms with van der Waals surface area (Å²) in [6.45, 7) is 0. The van der Waals surface area contributed by atoms with Crippen molar-refractivity contribution in [1.29, 1.82) is 0 Å². The van der Waals surface area contributed by atoms with Gasteiger partial charge in [0.15, 0.2) is 0 Å². The van der Waals surface area contributed by atoms with Gasteiger partial charge in [-0.15, -0.1) is 6.42 Å². The van der Waals surface area contributed by atoms with Crippen molar-refractivity contribution in [2.45, 2.75) is 19.3 Å². The Bertz CT molecular complexity index is 197. The normalized spacial score (nSPS) is 65.9. The highest BCUT2D eigenvalue weighted by Crippen LogP contribution is 2.78. The van der Waals surface area contributed by atoms with E-state index in [0.717, 1.165) is 17.8 Å². The van der Waals surface area contributed by atoms with Crippen LogP contribution in [-0.2, 0) is 0 Å². The van der Waals surface area contributed by atoms with Gasteiger partial charge in [-0.05, 0) is 37.0 Å². The van der Waals surface area contributed by atoms with Crippen LogP contribution >= 0.6 is 0 Å². The zero-order chi connectivity index (χ0) is 6.06. The molecule has 0 aliphatic heterocycles. The third kappa shape index (κ3) is 0.267. The Labute approximate surface area is 55.6 Å². The zero-order valence-electron chi connectivity index (χ0n) is 5.43. The highest BCUT2D eigenvalue weighted by atomic mass is 14.8. The van der Waals surface area contributed by atoms with Crippen LogP contribution in [0.2, 0.25) is 0 Å². The standard InChI is InChI=1S/C9H10/c1-2-9-5-6-3-7(9)8(9)4-6/h1,6-8H,3-5H2. The van der Waals surface area contributed by atoms with Crippen molar-refractivity contribution in [2.75, 3.05) is 0 Å². The molecule has 0 nitrogen and oxygen atoms in total. The summed E-state index contributed by atoms with van der Waals surface area (Å²) in [5.74, 6) is 6.00. The summed E-state index contributed by atoms with van der Waals surface area (Å²) in [5.41, 5.74) is 0.463. The largest absolute Gasteiger partial charge is 0.119 e. The van der Waals surface area contributed by atoms with E-state index in [4.69, 9.17) is 6.42 Å². The van der Waals surface area contributed by atoms with Crippen LogP contribution in [0, 0.1) is 35.5 Å². The van der Waals surface area contributed by atoms with Gasteiger partial charge in [0, 0.05) is 5.41 Å². The first-order valence-corrected chi connectivity index (χ1v) is 3.84. The van der Waals surface area contributed by atoms with Gasteiger partial charge in [0.1, 0.15) is 0 Å². The molecule has 2 atom stereocenters. The van der Waals surface area contributed by atoms with Gasteiger partial charge in [-0.2, -0.15) is 0 Å². The second-order valence-electron chi connectivity index (χ2n) is 3.94. The van der Waals surface area contributed by atoms with Crippen molar-refractivity contribution < 1.29 is 0 Å². The van der Waals surface area contributed by atoms with Crippen molar-refractivity contribution in [1.82, 2.24) is 0 Å². The predicted octanol–water partition coefficient (Wildman–Crippen LogP) is 1.67. The molecule has 4 fully saturated rings. The second kappa shape index (κ2) is 0.944. The summed E-state index contributed by atoms with van der Waals surface area (Å²) in [7, 11) is 0. The molecule has 0 aromatic carbocycles. The zero-order valence-corrected chi connectivity index (χ0v) is 5.43. The number of rotatable bonds is 0. The van der Waals surface area contributed by atoms with Crippen LogP contribution in [0.25, 0.3) is 0 Å². The quantitative estimate of drug-likeness (QED) is 0.424. The molecule has 4 aliphatic rings. The average Bonchev–Trinajstić information content (AvgIpc) is 2.44. The van der Waals surface area contributed by atoms with Crippen LogP contribution < -0.4 is 0 Å². The fraction of sp³-hybridized carbons (Fsp3) is 0.778. The molecule has 4 saturated carbocycles. The molecule has 4 rings (SSSR count). The van der Waals surface area contributed by atoms with Gasteiger partial charge in [0.25, 0.3) is 0 Å². The van der Waals surface area contributed by atoms with Crippen LogP contribution in [0.4, 0.5) is 0 Å². The minimum Gasteiger partial charge on any atom is -0.119 e. The average molecular weight is 118 g/mol. The minimum atomic E-state index is 0.463. The van der Waals surface area contributed by atoms with E-state index in [0.29, 0.717) is 5.41 Å². The van der Waals surface area contributed by atoms with Gasteiger partial charge in [0.05, 0.1) is 0 Å². The van der Waals surface area contributed by atoms with E-state index in [2.05, 4.69) is 5.92 Å². The maximum atomic E-state index is 5.48. The maximum absolute atomic E-state index is 5.48. The first-order chi connectivity index (χ1) is 4.37. The Balaban J connectivity index is 2.13. The first kappa shape index (κ1) is 4.39. The van der Waals surface area contributed by atoms with E-state index >= 15 is 0 Å². The van der Waals surface area contributed by atoms with Crippen molar-refractivity contribution in [3.8, 4) is 12.3 Å². The number of hydrogen-bond donors (Lipinski definition) is 0. The van der Waals surface area contributed by atoms with E-state index in [1.807, 2.05) is 0 Å². The topological polar surface area (TPSA) is 0 Å². The molecule has 4 bridgehead atoms. The fourth-order valence-corrected chi connectivity index (χ4v) is 3.39. The lowest BCUT2D eigenvalue weighted by Crippen LogP contribution is -1.91. The smallest absolute Gasteiger partial charge is 0.0377 e. The van der Waals surface area contributed by atoms with Crippen LogP contribution in [0.15, 0.2) is 0 Å². The lowest BCUT2D eigenvalue weighted by Gasteiger charge is -1.96. The van der Waals surface area contributed by atoms with E-state index in [1.165, 1.54) is 19.3 Å². The molecule has 9 heavy (non-hydrogen) atoms. The van der Waals surface area contributed by atoms with Gasteiger partial charge in [-0.3, -0.25) is 0 Å². The summed E-state index contributed by atoms with van der Waals surface area (Å²) in [5, 5.41) is 0. The SMILES string of the molecule is C#CC12CC3CC1C2C3. The molecule has 0 amide bonds. The first-order valence-electron chi connectivity index (χ1n) is 3.84. The molecule has 0 aromatic heterocycles. The molecular weight excluding hydrogens is 108 g/mol. The summed E-state index contributed by atoms with van der Waals surface area (Å²) in [6, 6.07) is 0. The Kier molecular flexibility index (Phi) is 0.460. The number of hydrogen-bond acceptors (Lipinski definition) is 0. The molecule has 0 saturated heterocycles. The van der Waals surface area contributed by atoms with Crippen LogP contribution in [0.5, 0.6) is 0 Å². The maximum Gasteiger partial charge on any atom is 0.0377 e. The summed E-state index contributed by atoms with van der Waals surface area (Å²) in [4.78, 5) is 0. The highest BCUT2D eigenvalue weighted by molar-refractivity contribution is 5.33. The summed E-state index contributed by atoms with van der Waals surface area (Å²) >= 11 is 0. The van der Waals surface area contributed by atoms with Gasteiger partial charge in [-0.25, -0.2) is 0 Å². The third-order valence-corrected chi connectivity index (χ3v) is 3.77. The summed E-state index contributed by atoms with van der Waals surface area (Å²) in [6.07, 6.45) is 9.78. The Morgan fingerprint density at radius 3 is 2.22 bits per heavy atom. The van der Waals surface area contributed by atoms with Crippen LogP contribution in [0.1, 0.15) is 19.3 Å². The molecule has 0 N–H and O–H groups in total. The van der Waals surface area contributed by atoms with E-state index in [1.54, 1.807) is 0 Å². The highest BCUT2D eigenvalue weighted by Gasteiger charge is 2.73. The van der Waals surface area contributed by atoms with Crippen molar-refractivity contribution in [2.24, 2.45) is 23.2 Å². The van der Waals surface area contributed by atoms with Crippen molar-refractivity contribution in [3.63, 3.8) is 0 Å². The molecule has 0 aromatic rings. The second-order valence-corrected chi connectivity index (χ2v) is 3.94. The molecule has 0 heteroatoms. The lowest BCUT2D eigenvalue weighted by atomic mass is 10.1. The Morgan fingerprint density at radius 1 is 1.33 bits per heavy atom. The number of terminal acetylenes is 1. The van der Waals surface area contributed by atoms with Crippen molar-refractivity contribution in [3.05, 3.63) is 0 Å². The molecule has 46 valence electrons. The van der Waals surface area contributed by atoms with Gasteiger partial charge < -0.3 is 0 Å². The van der Waals surface area contributed by atoms with E-state index < -0.39 is 0 Å². The molecule has 2 unspecified atom stereocenters. The lowest BCUT2D eigenvalue weighted by molar-refractivity contribution is 0.592. The minimum absolute atomic E-state index is 0.463. The molecule has 0 radical (unpaired) electrons. The summed E-state index contributed by atoms with van der Waals surface area (Å²) < 4.78 is 0. The van der Waals surface area contributed by atoms with E-state index in [-0.39, 0.29) is 0 Å². The molecule has 4 aliphatic carbocycles. The Morgan fingerprint density at radius 2 is 2.00 bits per heavy atom. The van der Waals surface area contributed by atoms with Crippen LogP contribution in [0.3, 0.4) is 0 Å². The molecular formula is C9H10. The predicted molar refractivity (Wildman–Crippen MR) is 35.6 cm³/mol. The van der Waals surface area contributed by atoms with Crippen molar-refractivity contribution >= 4 is 0 Å². The fourth-order valence-electron chi connectivity index (χ4n) is 3.39. The van der Waals surface area contributed by atoms with Gasteiger partial charge >= 0.3 is 0 Å². The van der Waals surface area contributed by atoms with Crippen LogP contribution in [-0.4, -0.2) is 0 Å². The van der Waals surface area contributed by atoms with Gasteiger partial charge in [0.2, 0.25) is 0 Å². The third-order valence-electron chi connectivity index (χ3n) is 3.77.